The van der Waals surface area contributed by atoms with Crippen molar-refractivity contribution in [2.45, 2.75) is 79.2 Å². The van der Waals surface area contributed by atoms with Gasteiger partial charge >= 0.3 is 20.1 Å². The smallest absolute Gasteiger partial charge is 0.513 e. The number of hydrazone groups is 1. The molecule has 0 fully saturated rings. The van der Waals surface area contributed by atoms with Crippen molar-refractivity contribution >= 4 is 34.0 Å². The number of rotatable bonds is 7. The summed E-state index contributed by atoms with van der Waals surface area (Å²) < 4.78 is 8.52. The van der Waals surface area contributed by atoms with Crippen molar-refractivity contribution in [2.24, 2.45) is 5.10 Å². The van der Waals surface area contributed by atoms with Crippen molar-refractivity contribution in [3.8, 4) is 17.1 Å². The Hall–Kier alpha value is -4.19. The molecule has 0 saturated carbocycles. The quantitative estimate of drug-likeness (QED) is 0.151. The Morgan fingerprint density at radius 3 is 2.00 bits per heavy atom. The van der Waals surface area contributed by atoms with Crippen molar-refractivity contribution in [2.75, 3.05) is 5.01 Å². The van der Waals surface area contributed by atoms with Crippen LogP contribution in [0.5, 0.6) is 0 Å². The van der Waals surface area contributed by atoms with Crippen LogP contribution in [0.2, 0.25) is 0 Å². The molecule has 4 aromatic carbocycles. The normalized spacial score (nSPS) is 12.9. The van der Waals surface area contributed by atoms with Crippen LogP contribution in [0.1, 0.15) is 89.8 Å². The van der Waals surface area contributed by atoms with E-state index in [1.807, 2.05) is 48.5 Å². The van der Waals surface area contributed by atoms with Crippen LogP contribution in [0.25, 0.3) is 39.0 Å². The Bertz CT molecular complexity index is 1980. The van der Waals surface area contributed by atoms with Gasteiger partial charge in [-0.25, -0.2) is 0 Å². The molecule has 0 radical (unpaired) electrons. The van der Waals surface area contributed by atoms with E-state index in [1.54, 1.807) is 0 Å². The second-order valence-electron chi connectivity index (χ2n) is 13.3. The first-order valence-corrected chi connectivity index (χ1v) is 16.6. The third-order valence-electron chi connectivity index (χ3n) is 8.64. The van der Waals surface area contributed by atoms with Crippen LogP contribution in [-0.2, 0) is 20.1 Å². The van der Waals surface area contributed by atoms with Gasteiger partial charge in [-0.15, -0.1) is 42.6 Å². The Balaban J connectivity index is 0.000000184. The number of anilines is 1. The van der Waals surface area contributed by atoms with E-state index in [0.717, 1.165) is 39.0 Å². The van der Waals surface area contributed by atoms with Crippen molar-refractivity contribution in [1.29, 1.82) is 0 Å². The average molecular weight is 815 g/mol. The molecule has 0 bridgehead atoms. The van der Waals surface area contributed by atoms with Crippen LogP contribution in [-0.4, -0.2) is 26.8 Å². The van der Waals surface area contributed by atoms with E-state index in [4.69, 9.17) is 4.42 Å². The Labute approximate surface area is 298 Å². The first-order valence-electron chi connectivity index (χ1n) is 16.6. The number of nitrogens with zero attached hydrogens (tertiary/aromatic N) is 5. The topological polar surface area (TPSA) is 49.8 Å². The Morgan fingerprint density at radius 1 is 0.708 bits per heavy atom. The van der Waals surface area contributed by atoms with E-state index in [9.17, 15) is 0 Å². The number of para-hydroxylation sites is 2. The second kappa shape index (κ2) is 14.9. The third-order valence-corrected chi connectivity index (χ3v) is 8.64. The molecule has 0 atom stereocenters. The zero-order valence-electron chi connectivity index (χ0n) is 29.0. The molecule has 0 spiro atoms. The van der Waals surface area contributed by atoms with E-state index in [0.29, 0.717) is 23.8 Å². The molecular formula is C41H44IrN5O. The van der Waals surface area contributed by atoms with Gasteiger partial charge in [0.15, 0.2) is 0 Å². The van der Waals surface area contributed by atoms with Gasteiger partial charge in [-0.05, 0) is 60.0 Å². The molecule has 0 amide bonds. The average Bonchev–Trinajstić information content (AvgIpc) is 3.83. The first kappa shape index (κ1) is 35.1. The number of furan rings is 1. The van der Waals surface area contributed by atoms with Crippen LogP contribution in [0, 0.1) is 18.8 Å². The molecule has 6 nitrogen and oxygen atoms in total. The summed E-state index contributed by atoms with van der Waals surface area (Å²) in [7, 11) is 0. The number of aromatic nitrogens is 2. The number of fused-ring (bicyclic) bond motifs is 3. The van der Waals surface area contributed by atoms with E-state index in [1.165, 1.54) is 22.4 Å². The fourth-order valence-electron chi connectivity index (χ4n) is 6.08. The zero-order valence-corrected chi connectivity index (χ0v) is 31.4. The molecule has 6 aromatic rings. The molecule has 0 unspecified atom stereocenters. The maximum absolute atomic E-state index is 6.30. The van der Waals surface area contributed by atoms with Gasteiger partial charge in [0, 0.05) is 29.1 Å². The van der Waals surface area contributed by atoms with Crippen LogP contribution in [0.15, 0.2) is 94.7 Å². The predicted molar refractivity (Wildman–Crippen MR) is 195 cm³/mol. The van der Waals surface area contributed by atoms with E-state index in [-0.39, 0.29) is 20.1 Å². The largest absolute Gasteiger partial charge is 3.00 e. The Morgan fingerprint density at radius 2 is 1.38 bits per heavy atom. The van der Waals surface area contributed by atoms with Gasteiger partial charge in [0.05, 0.1) is 12.2 Å². The SMILES string of the molecule is CC(C)c1cccc(C(C)C)c1-n1ccnc1-c1[c-]cccc1.CC(C)c1cccc2c1oc1c(N3[CH-]N(C(C)C)C=N3)[c-]ccc12.[Ir+3]. The number of benzene rings is 4. The number of hydrogen-bond acceptors (Lipinski definition) is 5. The maximum atomic E-state index is 6.30. The van der Waals surface area contributed by atoms with Crippen LogP contribution in [0.3, 0.4) is 0 Å². The van der Waals surface area contributed by atoms with Gasteiger partial charge in [-0.1, -0.05) is 83.3 Å². The number of imidazole rings is 1. The molecule has 1 aliphatic rings. The summed E-state index contributed by atoms with van der Waals surface area (Å²) in [4.78, 5) is 6.66. The first-order chi connectivity index (χ1) is 22.7. The molecule has 0 N–H and O–H groups in total. The fourth-order valence-corrected chi connectivity index (χ4v) is 6.08. The molecule has 0 saturated heterocycles. The third kappa shape index (κ3) is 6.85. The maximum Gasteiger partial charge on any atom is 3.00 e. The van der Waals surface area contributed by atoms with Crippen molar-refractivity contribution in [3.05, 3.63) is 121 Å². The molecule has 48 heavy (non-hydrogen) atoms. The standard InChI is InChI=1S/C21H23N2.C20H21N3O.Ir/c1-15(2)18-11-8-12-19(16(3)4)20(18)23-14-13-22-21(23)17-9-6-5-7-10-17;1-13(2)15-7-5-8-16-17-9-6-10-18(20(17)24-19(15)16)23-12-22(11-21-23)14(3)4;/h5-9,11-16H,1-4H3;5-9,11-14H,1-4H3;/q-1;-2;+3. The monoisotopic (exact) mass is 815 g/mol. The van der Waals surface area contributed by atoms with Gasteiger partial charge in [0.2, 0.25) is 0 Å². The van der Waals surface area contributed by atoms with Crippen LogP contribution in [0.4, 0.5) is 5.69 Å². The molecule has 3 heterocycles. The van der Waals surface area contributed by atoms with Gasteiger partial charge in [0.1, 0.15) is 5.58 Å². The minimum atomic E-state index is 0. The summed E-state index contributed by atoms with van der Waals surface area (Å²) in [6, 6.07) is 31.9. The minimum absolute atomic E-state index is 0. The summed E-state index contributed by atoms with van der Waals surface area (Å²) >= 11 is 0. The predicted octanol–water partition coefficient (Wildman–Crippen LogP) is 10.7. The van der Waals surface area contributed by atoms with Crippen molar-refractivity contribution in [3.63, 3.8) is 0 Å². The van der Waals surface area contributed by atoms with E-state index < -0.39 is 0 Å². The number of hydrogen-bond donors (Lipinski definition) is 0. The van der Waals surface area contributed by atoms with Crippen molar-refractivity contribution < 1.29 is 24.5 Å². The van der Waals surface area contributed by atoms with Crippen LogP contribution < -0.4 is 5.01 Å². The van der Waals surface area contributed by atoms with Gasteiger partial charge in [-0.2, -0.15) is 23.3 Å². The molecule has 7 rings (SSSR count). The van der Waals surface area contributed by atoms with E-state index >= 15 is 0 Å². The van der Waals surface area contributed by atoms with Gasteiger partial charge in [0.25, 0.3) is 0 Å². The van der Waals surface area contributed by atoms with Crippen molar-refractivity contribution in [1.82, 2.24) is 14.5 Å². The summed E-state index contributed by atoms with van der Waals surface area (Å²) in [5.74, 6) is 2.27. The molecular weight excluding hydrogens is 771 g/mol. The van der Waals surface area contributed by atoms with Crippen LogP contribution >= 0.6 is 0 Å². The molecule has 7 heteroatoms. The Kier molecular flexibility index (Phi) is 10.9. The molecule has 2 aromatic heterocycles. The summed E-state index contributed by atoms with van der Waals surface area (Å²) in [5.41, 5.74) is 8.86. The molecule has 1 aliphatic heterocycles. The van der Waals surface area contributed by atoms with Gasteiger partial charge in [-0.3, -0.25) is 4.98 Å². The zero-order chi connectivity index (χ0) is 33.2. The van der Waals surface area contributed by atoms with E-state index in [2.05, 4.69) is 142 Å². The minimum Gasteiger partial charge on any atom is -0.513 e. The fraction of sp³-hybridized carbons (Fsp3) is 0.293. The molecule has 0 aliphatic carbocycles. The summed E-state index contributed by atoms with van der Waals surface area (Å²) in [5, 5.41) is 8.56. The second-order valence-corrected chi connectivity index (χ2v) is 13.3. The summed E-state index contributed by atoms with van der Waals surface area (Å²) in [6.07, 6.45) is 5.76. The van der Waals surface area contributed by atoms with Gasteiger partial charge < -0.3 is 18.9 Å². The molecule has 248 valence electrons. The summed E-state index contributed by atoms with van der Waals surface area (Å²) in [6.45, 7) is 19.6.